The minimum atomic E-state index is 0.333. The highest BCUT2D eigenvalue weighted by Crippen LogP contribution is 2.34. The normalized spacial score (nSPS) is 12.8. The van der Waals surface area contributed by atoms with Crippen molar-refractivity contribution in [3.63, 3.8) is 0 Å². The van der Waals surface area contributed by atoms with Gasteiger partial charge in [0.05, 0.1) is 14.7 Å². The fraction of sp³-hybridized carbons (Fsp3) is 0.500. The maximum absolute atomic E-state index is 4.32. The summed E-state index contributed by atoms with van der Waals surface area (Å²) in [5, 5.41) is 14.2. The van der Waals surface area contributed by atoms with E-state index >= 15 is 0 Å². The topological polar surface area (TPSA) is 37.8 Å². The molecule has 18 heavy (non-hydrogen) atoms. The third-order valence-corrected chi connectivity index (χ3v) is 5.40. The average Bonchev–Trinajstić information content (AvgIpc) is 2.99. The Kier molecular flexibility index (Phi) is 5.29. The molecule has 0 amide bonds. The van der Waals surface area contributed by atoms with Gasteiger partial charge in [0.2, 0.25) is 0 Å². The number of rotatable bonds is 6. The van der Waals surface area contributed by atoms with Crippen LogP contribution in [0, 0.1) is 0 Å². The van der Waals surface area contributed by atoms with E-state index in [-0.39, 0.29) is 0 Å². The lowest BCUT2D eigenvalue weighted by Crippen LogP contribution is -2.21. The quantitative estimate of drug-likeness (QED) is 0.838. The maximum atomic E-state index is 4.32. The fourth-order valence-electron chi connectivity index (χ4n) is 1.63. The largest absolute Gasteiger partial charge is 0.308 e. The predicted molar refractivity (Wildman–Crippen MR) is 82.2 cm³/mol. The van der Waals surface area contributed by atoms with Crippen molar-refractivity contribution in [2.45, 2.75) is 32.7 Å². The van der Waals surface area contributed by atoms with Gasteiger partial charge in [0.1, 0.15) is 5.01 Å². The summed E-state index contributed by atoms with van der Waals surface area (Å²) in [7, 11) is 0. The summed E-state index contributed by atoms with van der Waals surface area (Å²) in [6.07, 6.45) is 2.18. The molecule has 0 bridgehead atoms. The molecule has 1 unspecified atom stereocenters. The molecule has 98 valence electrons. The Labute approximate surface area is 124 Å². The lowest BCUT2D eigenvalue weighted by molar-refractivity contribution is 0.513. The Bertz CT molecular complexity index is 495. The molecule has 0 spiro atoms. The van der Waals surface area contributed by atoms with Gasteiger partial charge in [-0.3, -0.25) is 0 Å². The molecule has 0 aromatic carbocycles. The first-order valence-corrected chi connectivity index (χ1v) is 8.49. The van der Waals surface area contributed by atoms with Crippen molar-refractivity contribution in [1.82, 2.24) is 15.5 Å². The second kappa shape index (κ2) is 6.75. The van der Waals surface area contributed by atoms with Crippen LogP contribution in [0.2, 0.25) is 0 Å². The van der Waals surface area contributed by atoms with Crippen LogP contribution in [-0.4, -0.2) is 16.7 Å². The first kappa shape index (κ1) is 14.1. The summed E-state index contributed by atoms with van der Waals surface area (Å²) in [6, 6.07) is 4.47. The molecule has 0 saturated heterocycles. The molecular weight excluding hydrogens is 330 g/mol. The van der Waals surface area contributed by atoms with Crippen LogP contribution < -0.4 is 5.32 Å². The van der Waals surface area contributed by atoms with Crippen LogP contribution in [0.3, 0.4) is 0 Å². The second-order valence-electron chi connectivity index (χ2n) is 3.96. The summed E-state index contributed by atoms with van der Waals surface area (Å²) >= 11 is 6.86. The van der Waals surface area contributed by atoms with Crippen LogP contribution in [0.5, 0.6) is 0 Å². The van der Waals surface area contributed by atoms with E-state index < -0.39 is 0 Å². The van der Waals surface area contributed by atoms with E-state index in [9.17, 15) is 0 Å². The maximum Gasteiger partial charge on any atom is 0.157 e. The molecular formula is C12H16BrN3S2. The van der Waals surface area contributed by atoms with Crippen LogP contribution in [0.1, 0.15) is 37.7 Å². The number of thiophene rings is 1. The highest BCUT2D eigenvalue weighted by molar-refractivity contribution is 9.11. The molecule has 6 heteroatoms. The van der Waals surface area contributed by atoms with Crippen molar-refractivity contribution in [2.75, 3.05) is 6.54 Å². The zero-order chi connectivity index (χ0) is 13.0. The smallest absolute Gasteiger partial charge is 0.157 e. The summed E-state index contributed by atoms with van der Waals surface area (Å²) in [6.45, 7) is 5.38. The molecule has 2 rings (SSSR count). The first-order chi connectivity index (χ1) is 8.74. The Morgan fingerprint density at radius 3 is 2.72 bits per heavy atom. The molecule has 1 atom stereocenters. The number of hydrogen-bond donors (Lipinski definition) is 1. The number of nitrogens with zero attached hydrogens (tertiary/aromatic N) is 2. The van der Waals surface area contributed by atoms with Crippen molar-refractivity contribution in [1.29, 1.82) is 0 Å². The zero-order valence-electron chi connectivity index (χ0n) is 10.4. The van der Waals surface area contributed by atoms with Crippen LogP contribution in [0.4, 0.5) is 0 Å². The lowest BCUT2D eigenvalue weighted by atomic mass is 10.2. The standard InChI is InChI=1S/C12H16BrN3S2/c1-3-7-14-8(4-2)11-15-16-12(18-11)9-5-6-10(13)17-9/h5-6,8,14H,3-4,7H2,1-2H3. The van der Waals surface area contributed by atoms with Crippen molar-refractivity contribution in [2.24, 2.45) is 0 Å². The lowest BCUT2D eigenvalue weighted by Gasteiger charge is -2.12. The van der Waals surface area contributed by atoms with E-state index in [4.69, 9.17) is 0 Å². The molecule has 0 radical (unpaired) electrons. The minimum Gasteiger partial charge on any atom is -0.308 e. The van der Waals surface area contributed by atoms with Crippen molar-refractivity contribution >= 4 is 38.6 Å². The van der Waals surface area contributed by atoms with Gasteiger partial charge in [0.15, 0.2) is 5.01 Å². The Morgan fingerprint density at radius 1 is 1.28 bits per heavy atom. The van der Waals surface area contributed by atoms with Crippen LogP contribution in [0.15, 0.2) is 15.9 Å². The summed E-state index contributed by atoms with van der Waals surface area (Å²) in [5.74, 6) is 0. The van der Waals surface area contributed by atoms with Gasteiger partial charge in [-0.25, -0.2) is 0 Å². The highest BCUT2D eigenvalue weighted by atomic mass is 79.9. The summed E-state index contributed by atoms with van der Waals surface area (Å²) < 4.78 is 1.13. The Hall–Kier alpha value is -0.300. The number of hydrogen-bond acceptors (Lipinski definition) is 5. The summed E-state index contributed by atoms with van der Waals surface area (Å²) in [5.41, 5.74) is 0. The van der Waals surface area contributed by atoms with Crippen molar-refractivity contribution < 1.29 is 0 Å². The third kappa shape index (κ3) is 3.38. The molecule has 1 N–H and O–H groups in total. The van der Waals surface area contributed by atoms with Crippen LogP contribution >= 0.6 is 38.6 Å². The SMILES string of the molecule is CCCNC(CC)c1nnc(-c2ccc(Br)s2)s1. The molecule has 0 aliphatic carbocycles. The highest BCUT2D eigenvalue weighted by Gasteiger charge is 2.15. The van der Waals surface area contributed by atoms with E-state index in [0.29, 0.717) is 6.04 Å². The minimum absolute atomic E-state index is 0.333. The van der Waals surface area contributed by atoms with Gasteiger partial charge in [-0.1, -0.05) is 25.2 Å². The zero-order valence-corrected chi connectivity index (χ0v) is 13.7. The van der Waals surface area contributed by atoms with Crippen LogP contribution in [0.25, 0.3) is 9.88 Å². The van der Waals surface area contributed by atoms with Gasteiger partial charge < -0.3 is 5.32 Å². The van der Waals surface area contributed by atoms with Gasteiger partial charge in [-0.05, 0) is 47.4 Å². The van der Waals surface area contributed by atoms with E-state index in [1.807, 2.05) is 6.07 Å². The van der Waals surface area contributed by atoms with Gasteiger partial charge in [-0.15, -0.1) is 21.5 Å². The molecule has 3 nitrogen and oxygen atoms in total. The van der Waals surface area contributed by atoms with Gasteiger partial charge >= 0.3 is 0 Å². The van der Waals surface area contributed by atoms with Gasteiger partial charge in [-0.2, -0.15) is 0 Å². The molecule has 2 aromatic heterocycles. The molecule has 0 aliphatic rings. The number of nitrogens with one attached hydrogen (secondary N) is 1. The van der Waals surface area contributed by atoms with Gasteiger partial charge in [0.25, 0.3) is 0 Å². The molecule has 2 aromatic rings. The van der Waals surface area contributed by atoms with E-state index in [1.54, 1.807) is 22.7 Å². The average molecular weight is 346 g/mol. The monoisotopic (exact) mass is 345 g/mol. The van der Waals surface area contributed by atoms with Crippen LogP contribution in [-0.2, 0) is 0 Å². The third-order valence-electron chi connectivity index (χ3n) is 2.57. The molecule has 0 saturated carbocycles. The number of halogens is 1. The first-order valence-electron chi connectivity index (χ1n) is 6.07. The second-order valence-corrected chi connectivity index (χ2v) is 7.44. The van der Waals surface area contributed by atoms with Crippen molar-refractivity contribution in [3.8, 4) is 9.88 Å². The van der Waals surface area contributed by atoms with E-state index in [2.05, 4.69) is 51.4 Å². The van der Waals surface area contributed by atoms with Gasteiger partial charge in [0, 0.05) is 0 Å². The molecule has 0 aliphatic heterocycles. The Morgan fingerprint density at radius 2 is 2.11 bits per heavy atom. The van der Waals surface area contributed by atoms with E-state index in [0.717, 1.165) is 33.2 Å². The molecule has 0 fully saturated rings. The fourth-order valence-corrected chi connectivity index (χ4v) is 4.07. The van der Waals surface area contributed by atoms with Crippen molar-refractivity contribution in [3.05, 3.63) is 20.9 Å². The predicted octanol–water partition coefficient (Wildman–Crippen LogP) is 4.48. The number of aromatic nitrogens is 2. The summed E-state index contributed by atoms with van der Waals surface area (Å²) in [4.78, 5) is 1.18. The van der Waals surface area contributed by atoms with E-state index in [1.165, 1.54) is 4.88 Å². The molecule has 2 heterocycles. The Balaban J connectivity index is 2.13.